The van der Waals surface area contributed by atoms with Crippen molar-refractivity contribution >= 4 is 23.2 Å². The summed E-state index contributed by atoms with van der Waals surface area (Å²) in [6.07, 6.45) is 3.93. The van der Waals surface area contributed by atoms with Crippen LogP contribution in [0, 0.1) is 0 Å². The maximum absolute atomic E-state index is 5.96. The molecule has 1 atom stereocenters. The molecule has 5 nitrogen and oxygen atoms in total. The molecule has 2 N–H and O–H groups in total. The molecule has 1 aliphatic rings. The Morgan fingerprint density at radius 1 is 1.41 bits per heavy atom. The number of nitrogens with two attached hydrogens (primary N) is 1. The Bertz CT molecular complexity index is 538. The summed E-state index contributed by atoms with van der Waals surface area (Å²) in [5, 5.41) is 5.08. The summed E-state index contributed by atoms with van der Waals surface area (Å²) in [7, 11) is 0. The zero-order valence-corrected chi connectivity index (χ0v) is 10.1. The van der Waals surface area contributed by atoms with Gasteiger partial charge in [0.2, 0.25) is 5.95 Å². The van der Waals surface area contributed by atoms with Gasteiger partial charge in [0.05, 0.1) is 5.02 Å². The molecule has 0 aromatic carbocycles. The summed E-state index contributed by atoms with van der Waals surface area (Å²) >= 11 is 5.91. The van der Waals surface area contributed by atoms with E-state index in [4.69, 9.17) is 17.3 Å². The smallest absolute Gasteiger partial charge is 0.245 e. The van der Waals surface area contributed by atoms with Crippen molar-refractivity contribution in [3.8, 4) is 0 Å². The van der Waals surface area contributed by atoms with Gasteiger partial charge in [-0.25, -0.2) is 4.52 Å². The first-order chi connectivity index (χ1) is 8.22. The maximum atomic E-state index is 5.96. The Labute approximate surface area is 104 Å². The third-order valence-corrected chi connectivity index (χ3v) is 3.25. The summed E-state index contributed by atoms with van der Waals surface area (Å²) in [4.78, 5) is 6.61. The van der Waals surface area contributed by atoms with Gasteiger partial charge in [-0.3, -0.25) is 0 Å². The molecule has 6 heteroatoms. The summed E-state index contributed by atoms with van der Waals surface area (Å²) in [6.45, 7) is 1.79. The van der Waals surface area contributed by atoms with E-state index < -0.39 is 0 Å². The van der Waals surface area contributed by atoms with Gasteiger partial charge < -0.3 is 10.6 Å². The number of hydrogen-bond acceptors (Lipinski definition) is 4. The van der Waals surface area contributed by atoms with Gasteiger partial charge in [-0.15, -0.1) is 5.10 Å². The number of fused-ring (bicyclic) bond motifs is 1. The molecular weight excluding hydrogens is 238 g/mol. The zero-order valence-electron chi connectivity index (χ0n) is 9.38. The van der Waals surface area contributed by atoms with Crippen LogP contribution in [-0.2, 0) is 0 Å². The summed E-state index contributed by atoms with van der Waals surface area (Å²) in [6, 6.07) is 3.90. The molecule has 1 saturated heterocycles. The van der Waals surface area contributed by atoms with Crippen LogP contribution in [0.4, 0.5) is 5.95 Å². The van der Waals surface area contributed by atoms with Crippen molar-refractivity contribution < 1.29 is 0 Å². The number of piperidine rings is 1. The number of rotatable bonds is 1. The fourth-order valence-corrected chi connectivity index (χ4v) is 2.33. The second-order valence-corrected chi connectivity index (χ2v) is 4.85. The second kappa shape index (κ2) is 4.16. The predicted molar refractivity (Wildman–Crippen MR) is 67.4 cm³/mol. The van der Waals surface area contributed by atoms with E-state index >= 15 is 0 Å². The first kappa shape index (κ1) is 10.8. The number of pyridine rings is 1. The van der Waals surface area contributed by atoms with E-state index in [0.717, 1.165) is 37.5 Å². The van der Waals surface area contributed by atoms with Crippen molar-refractivity contribution in [2.45, 2.75) is 18.9 Å². The van der Waals surface area contributed by atoms with Gasteiger partial charge in [0.15, 0.2) is 5.65 Å². The van der Waals surface area contributed by atoms with E-state index in [1.807, 2.05) is 12.1 Å². The number of halogens is 1. The highest BCUT2D eigenvalue weighted by Gasteiger charge is 2.20. The van der Waals surface area contributed by atoms with Crippen molar-refractivity contribution in [2.75, 3.05) is 18.0 Å². The SMILES string of the molecule is NC1CCCN(c2nc3ccc(Cl)cn3n2)C1. The quantitative estimate of drug-likeness (QED) is 0.830. The molecule has 2 aromatic heterocycles. The predicted octanol–water partition coefficient (Wildman–Crippen LogP) is 1.31. The van der Waals surface area contributed by atoms with Gasteiger partial charge in [0, 0.05) is 25.3 Å². The average molecular weight is 252 g/mol. The molecule has 3 rings (SSSR count). The highest BCUT2D eigenvalue weighted by molar-refractivity contribution is 6.30. The third kappa shape index (κ3) is 2.08. The van der Waals surface area contributed by atoms with Crippen molar-refractivity contribution in [3.63, 3.8) is 0 Å². The minimum Gasteiger partial charge on any atom is -0.338 e. The molecule has 3 heterocycles. The molecule has 1 aliphatic heterocycles. The van der Waals surface area contributed by atoms with Crippen LogP contribution in [0.25, 0.3) is 5.65 Å². The highest BCUT2D eigenvalue weighted by Crippen LogP contribution is 2.17. The molecule has 0 saturated carbocycles. The Kier molecular flexibility index (Phi) is 2.64. The van der Waals surface area contributed by atoms with E-state index in [2.05, 4.69) is 15.0 Å². The van der Waals surface area contributed by atoms with Crippen molar-refractivity contribution in [2.24, 2.45) is 5.73 Å². The number of hydrogen-bond donors (Lipinski definition) is 1. The topological polar surface area (TPSA) is 59.5 Å². The molecule has 1 unspecified atom stereocenters. The van der Waals surface area contributed by atoms with Crippen LogP contribution in [0.15, 0.2) is 18.3 Å². The molecular formula is C11H14ClN5. The van der Waals surface area contributed by atoms with E-state index in [1.165, 1.54) is 0 Å². The fraction of sp³-hybridized carbons (Fsp3) is 0.455. The Hall–Kier alpha value is -1.33. The average Bonchev–Trinajstić information content (AvgIpc) is 2.72. The van der Waals surface area contributed by atoms with Crippen molar-refractivity contribution in [1.29, 1.82) is 0 Å². The molecule has 1 fully saturated rings. The summed E-state index contributed by atoms with van der Waals surface area (Å²) < 4.78 is 1.71. The van der Waals surface area contributed by atoms with Crippen LogP contribution >= 0.6 is 11.6 Å². The van der Waals surface area contributed by atoms with Gasteiger partial charge in [0.25, 0.3) is 0 Å². The molecule has 90 valence electrons. The molecule has 0 bridgehead atoms. The van der Waals surface area contributed by atoms with Gasteiger partial charge in [-0.2, -0.15) is 4.98 Å². The van der Waals surface area contributed by atoms with E-state index in [0.29, 0.717) is 5.02 Å². The Morgan fingerprint density at radius 3 is 3.12 bits per heavy atom. The lowest BCUT2D eigenvalue weighted by atomic mass is 10.1. The first-order valence-corrected chi connectivity index (χ1v) is 6.12. The lowest BCUT2D eigenvalue weighted by molar-refractivity contribution is 0.500. The standard InChI is InChI=1S/C11H14ClN5/c12-8-3-4-10-14-11(15-17(10)6-8)16-5-1-2-9(13)7-16/h3-4,6,9H,1-2,5,7,13H2. The van der Waals surface area contributed by atoms with Crippen LogP contribution in [0.2, 0.25) is 5.02 Å². The van der Waals surface area contributed by atoms with E-state index in [1.54, 1.807) is 10.7 Å². The van der Waals surface area contributed by atoms with Gasteiger partial charge in [0.1, 0.15) is 0 Å². The minimum atomic E-state index is 0.221. The highest BCUT2D eigenvalue weighted by atomic mass is 35.5. The third-order valence-electron chi connectivity index (χ3n) is 3.02. The number of anilines is 1. The summed E-state index contributed by atoms with van der Waals surface area (Å²) in [5.74, 6) is 0.738. The van der Waals surface area contributed by atoms with Gasteiger partial charge >= 0.3 is 0 Å². The largest absolute Gasteiger partial charge is 0.338 e. The second-order valence-electron chi connectivity index (χ2n) is 4.41. The lowest BCUT2D eigenvalue weighted by Gasteiger charge is -2.29. The lowest BCUT2D eigenvalue weighted by Crippen LogP contribution is -2.43. The Morgan fingerprint density at radius 2 is 2.29 bits per heavy atom. The zero-order chi connectivity index (χ0) is 11.8. The molecule has 0 aliphatic carbocycles. The summed E-state index contributed by atoms with van der Waals surface area (Å²) in [5.41, 5.74) is 6.76. The van der Waals surface area contributed by atoms with Crippen LogP contribution < -0.4 is 10.6 Å². The number of nitrogens with zero attached hydrogens (tertiary/aromatic N) is 4. The molecule has 17 heavy (non-hydrogen) atoms. The number of aromatic nitrogens is 3. The van der Waals surface area contributed by atoms with E-state index in [-0.39, 0.29) is 6.04 Å². The first-order valence-electron chi connectivity index (χ1n) is 5.75. The normalized spacial score (nSPS) is 21.1. The van der Waals surface area contributed by atoms with Crippen molar-refractivity contribution in [3.05, 3.63) is 23.4 Å². The van der Waals surface area contributed by atoms with Crippen LogP contribution in [0.1, 0.15) is 12.8 Å². The van der Waals surface area contributed by atoms with Crippen molar-refractivity contribution in [1.82, 2.24) is 14.6 Å². The minimum absolute atomic E-state index is 0.221. The maximum Gasteiger partial charge on any atom is 0.245 e. The van der Waals surface area contributed by atoms with Gasteiger partial charge in [-0.05, 0) is 25.0 Å². The Balaban J connectivity index is 1.94. The fourth-order valence-electron chi connectivity index (χ4n) is 2.17. The van der Waals surface area contributed by atoms with E-state index in [9.17, 15) is 0 Å². The van der Waals surface area contributed by atoms with Crippen LogP contribution in [0.3, 0.4) is 0 Å². The molecule has 0 radical (unpaired) electrons. The van der Waals surface area contributed by atoms with Crippen LogP contribution in [0.5, 0.6) is 0 Å². The van der Waals surface area contributed by atoms with Gasteiger partial charge in [-0.1, -0.05) is 11.6 Å². The monoisotopic (exact) mass is 251 g/mol. The molecule has 0 amide bonds. The van der Waals surface area contributed by atoms with Crippen LogP contribution in [-0.4, -0.2) is 33.7 Å². The molecule has 0 spiro atoms. The molecule has 2 aromatic rings.